The Hall–Kier alpha value is -0.360. The van der Waals surface area contributed by atoms with Gasteiger partial charge in [0, 0.05) is 11.4 Å². The second-order valence-electron chi connectivity index (χ2n) is 6.64. The van der Waals surface area contributed by atoms with Crippen LogP contribution in [0.3, 0.4) is 0 Å². The number of nitrogens with one attached hydrogen (secondary N) is 2. The van der Waals surface area contributed by atoms with E-state index in [-0.39, 0.29) is 36.8 Å². The van der Waals surface area contributed by atoms with Crippen molar-refractivity contribution in [3.63, 3.8) is 0 Å². The van der Waals surface area contributed by atoms with Crippen molar-refractivity contribution in [2.45, 2.75) is 70.5 Å². The molecule has 0 bridgehead atoms. The molecule has 3 unspecified atom stereocenters. The molecule has 2 N–H and O–H groups in total. The van der Waals surface area contributed by atoms with Gasteiger partial charge in [0.1, 0.15) is 5.01 Å². The molecule has 0 aromatic carbocycles. The number of hydrogen-bond donors (Lipinski definition) is 2. The lowest BCUT2D eigenvalue weighted by atomic mass is 9.85. The van der Waals surface area contributed by atoms with E-state index in [9.17, 15) is 4.79 Å². The molecule has 1 saturated carbocycles. The third kappa shape index (κ3) is 5.05. The van der Waals surface area contributed by atoms with Crippen LogP contribution in [0.4, 0.5) is 0 Å². The van der Waals surface area contributed by atoms with E-state index in [2.05, 4.69) is 34.8 Å². The molecule has 1 aromatic heterocycles. The molecule has 2 heterocycles. The second kappa shape index (κ2) is 9.21. The second-order valence-corrected chi connectivity index (χ2v) is 7.59. The van der Waals surface area contributed by atoms with Gasteiger partial charge in [-0.25, -0.2) is 4.98 Å². The smallest absolute Gasteiger partial charge is 0.237 e. The van der Waals surface area contributed by atoms with Crippen molar-refractivity contribution in [3.05, 3.63) is 16.1 Å². The van der Waals surface area contributed by atoms with Gasteiger partial charge in [0.2, 0.25) is 5.91 Å². The van der Waals surface area contributed by atoms with Crippen LogP contribution in [-0.4, -0.2) is 23.0 Å². The Labute approximate surface area is 155 Å². The Morgan fingerprint density at radius 2 is 2.13 bits per heavy atom. The molecule has 1 amide bonds. The minimum atomic E-state index is 0. The van der Waals surface area contributed by atoms with Gasteiger partial charge in [-0.1, -0.05) is 26.7 Å². The van der Waals surface area contributed by atoms with E-state index in [1.165, 1.54) is 25.7 Å². The van der Waals surface area contributed by atoms with E-state index in [1.54, 1.807) is 11.3 Å². The fraction of sp³-hybridized carbons (Fsp3) is 0.750. The molecule has 2 fully saturated rings. The summed E-state index contributed by atoms with van der Waals surface area (Å²) in [5.74, 6) is 1.30. The maximum atomic E-state index is 12.3. The first-order chi connectivity index (χ1) is 10.1. The maximum Gasteiger partial charge on any atom is 0.237 e. The molecule has 1 saturated heterocycles. The number of amides is 1. The standard InChI is InChI=1S/C16H25N3OS.2ClH/c1-10(2)14-9-21-15(19-14)8-17-16(20)13-7-11-5-3-4-6-12(11)18-13;;/h9-13,18H,3-8H2,1-2H3,(H,17,20);2*1H. The lowest BCUT2D eigenvalue weighted by molar-refractivity contribution is -0.123. The molecule has 0 spiro atoms. The summed E-state index contributed by atoms with van der Waals surface area (Å²) in [7, 11) is 0. The number of thiazole rings is 1. The minimum Gasteiger partial charge on any atom is -0.348 e. The van der Waals surface area contributed by atoms with Crippen LogP contribution in [0.5, 0.6) is 0 Å². The predicted octanol–water partition coefficient (Wildman–Crippen LogP) is 3.65. The highest BCUT2D eigenvalue weighted by Crippen LogP contribution is 2.33. The molecule has 1 aromatic rings. The molecule has 7 heteroatoms. The van der Waals surface area contributed by atoms with Gasteiger partial charge in [-0.3, -0.25) is 4.79 Å². The zero-order valence-electron chi connectivity index (χ0n) is 13.7. The van der Waals surface area contributed by atoms with Crippen molar-refractivity contribution < 1.29 is 4.79 Å². The van der Waals surface area contributed by atoms with Gasteiger partial charge in [0.15, 0.2) is 0 Å². The molecule has 132 valence electrons. The first-order valence-electron chi connectivity index (χ1n) is 8.11. The average molecular weight is 380 g/mol. The number of hydrogen-bond acceptors (Lipinski definition) is 4. The van der Waals surface area contributed by atoms with Crippen LogP contribution in [-0.2, 0) is 11.3 Å². The summed E-state index contributed by atoms with van der Waals surface area (Å²) in [5.41, 5.74) is 1.12. The SMILES string of the molecule is CC(C)c1csc(CNC(=O)C2CC3CCCCC3N2)n1.Cl.Cl. The predicted molar refractivity (Wildman–Crippen MR) is 99.8 cm³/mol. The zero-order chi connectivity index (χ0) is 14.8. The molecule has 2 aliphatic rings. The lowest BCUT2D eigenvalue weighted by Gasteiger charge is -2.24. The summed E-state index contributed by atoms with van der Waals surface area (Å²) >= 11 is 1.64. The van der Waals surface area contributed by atoms with Crippen LogP contribution in [0, 0.1) is 5.92 Å². The molecule has 3 atom stereocenters. The molecule has 23 heavy (non-hydrogen) atoms. The Morgan fingerprint density at radius 1 is 1.39 bits per heavy atom. The van der Waals surface area contributed by atoms with Crippen LogP contribution in [0.25, 0.3) is 0 Å². The third-order valence-corrected chi connectivity index (χ3v) is 5.62. The molecule has 1 aliphatic heterocycles. The van der Waals surface area contributed by atoms with Crippen LogP contribution in [0.15, 0.2) is 5.38 Å². The number of carbonyl (C=O) groups excluding carboxylic acids is 1. The van der Waals surface area contributed by atoms with E-state index < -0.39 is 0 Å². The van der Waals surface area contributed by atoms with Gasteiger partial charge < -0.3 is 10.6 Å². The molecular formula is C16H27Cl2N3OS. The van der Waals surface area contributed by atoms with Crippen LogP contribution in [0.1, 0.15) is 62.6 Å². The van der Waals surface area contributed by atoms with E-state index in [0.717, 1.165) is 17.1 Å². The van der Waals surface area contributed by atoms with Gasteiger partial charge in [-0.15, -0.1) is 36.2 Å². The van der Waals surface area contributed by atoms with E-state index in [4.69, 9.17) is 0 Å². The normalized spacial score (nSPS) is 26.1. The highest BCUT2D eigenvalue weighted by atomic mass is 35.5. The Kier molecular flexibility index (Phi) is 8.28. The maximum absolute atomic E-state index is 12.3. The average Bonchev–Trinajstić information content (AvgIpc) is 3.11. The van der Waals surface area contributed by atoms with Crippen LogP contribution in [0.2, 0.25) is 0 Å². The number of fused-ring (bicyclic) bond motifs is 1. The fourth-order valence-electron chi connectivity index (χ4n) is 3.48. The molecule has 1 aliphatic carbocycles. The summed E-state index contributed by atoms with van der Waals surface area (Å²) < 4.78 is 0. The van der Waals surface area contributed by atoms with Gasteiger partial charge in [0.25, 0.3) is 0 Å². The van der Waals surface area contributed by atoms with Crippen molar-refractivity contribution in [2.75, 3.05) is 0 Å². The number of aromatic nitrogens is 1. The summed E-state index contributed by atoms with van der Waals surface area (Å²) in [5, 5.41) is 9.67. The van der Waals surface area contributed by atoms with E-state index in [0.29, 0.717) is 24.4 Å². The number of nitrogens with zero attached hydrogens (tertiary/aromatic N) is 1. The topological polar surface area (TPSA) is 54.0 Å². The summed E-state index contributed by atoms with van der Waals surface area (Å²) in [6.45, 7) is 4.84. The lowest BCUT2D eigenvalue weighted by Crippen LogP contribution is -2.42. The monoisotopic (exact) mass is 379 g/mol. The number of carbonyl (C=O) groups is 1. The highest BCUT2D eigenvalue weighted by Gasteiger charge is 2.38. The van der Waals surface area contributed by atoms with Crippen LogP contribution < -0.4 is 10.6 Å². The number of rotatable bonds is 4. The fourth-order valence-corrected chi connectivity index (χ4v) is 4.37. The summed E-state index contributed by atoms with van der Waals surface area (Å²) in [6, 6.07) is 0.574. The van der Waals surface area contributed by atoms with Crippen molar-refractivity contribution in [1.29, 1.82) is 0 Å². The van der Waals surface area contributed by atoms with E-state index >= 15 is 0 Å². The Balaban J connectivity index is 0.00000132. The van der Waals surface area contributed by atoms with E-state index in [1.807, 2.05) is 0 Å². The molecule has 0 radical (unpaired) electrons. The first-order valence-corrected chi connectivity index (χ1v) is 8.99. The Morgan fingerprint density at radius 3 is 2.78 bits per heavy atom. The quantitative estimate of drug-likeness (QED) is 0.839. The van der Waals surface area contributed by atoms with Crippen molar-refractivity contribution in [2.24, 2.45) is 5.92 Å². The Bertz CT molecular complexity index is 495. The van der Waals surface area contributed by atoms with Gasteiger partial charge in [-0.05, 0) is 31.1 Å². The molecule has 3 rings (SSSR count). The largest absolute Gasteiger partial charge is 0.348 e. The van der Waals surface area contributed by atoms with Crippen molar-refractivity contribution in [1.82, 2.24) is 15.6 Å². The summed E-state index contributed by atoms with van der Waals surface area (Å²) in [4.78, 5) is 16.9. The van der Waals surface area contributed by atoms with Gasteiger partial charge >= 0.3 is 0 Å². The van der Waals surface area contributed by atoms with Gasteiger partial charge in [0.05, 0.1) is 18.3 Å². The van der Waals surface area contributed by atoms with Crippen molar-refractivity contribution >= 4 is 42.1 Å². The first kappa shape index (κ1) is 20.7. The van der Waals surface area contributed by atoms with Crippen molar-refractivity contribution in [3.8, 4) is 0 Å². The zero-order valence-corrected chi connectivity index (χ0v) is 16.2. The molecule has 4 nitrogen and oxygen atoms in total. The molecular weight excluding hydrogens is 353 g/mol. The minimum absolute atomic E-state index is 0. The third-order valence-electron chi connectivity index (χ3n) is 4.75. The van der Waals surface area contributed by atoms with Gasteiger partial charge in [-0.2, -0.15) is 0 Å². The summed E-state index contributed by atoms with van der Waals surface area (Å²) in [6.07, 6.45) is 6.16. The number of halogens is 2. The van der Waals surface area contributed by atoms with Crippen LogP contribution >= 0.6 is 36.2 Å². The highest BCUT2D eigenvalue weighted by molar-refractivity contribution is 7.09.